The fraction of sp³-hybridized carbons (Fsp3) is 0.231. The maximum atomic E-state index is 12.1. The Kier molecular flexibility index (Phi) is 2.89. The standard InChI is InChI=1S/C13H11ClN2O2/c14-12-10-4-2-1-3-9(10)11(5-15-12)13(17)16-8-6-18-7-8/h1-5,8H,6-7H2,(H,16,17). The second-order valence-electron chi connectivity index (χ2n) is 4.22. The second kappa shape index (κ2) is 4.55. The molecule has 1 aromatic heterocycles. The molecule has 1 aromatic carbocycles. The van der Waals surface area contributed by atoms with Gasteiger partial charge in [-0.05, 0) is 5.39 Å². The van der Waals surface area contributed by atoms with E-state index >= 15 is 0 Å². The predicted octanol–water partition coefficient (Wildman–Crippen LogP) is 2.02. The molecule has 1 aliphatic heterocycles. The number of fused-ring (bicyclic) bond motifs is 1. The molecule has 18 heavy (non-hydrogen) atoms. The Morgan fingerprint density at radius 2 is 2.06 bits per heavy atom. The third-order valence-corrected chi connectivity index (χ3v) is 3.27. The van der Waals surface area contributed by atoms with Gasteiger partial charge in [0.15, 0.2) is 0 Å². The van der Waals surface area contributed by atoms with Crippen LogP contribution in [-0.2, 0) is 4.74 Å². The minimum atomic E-state index is -0.135. The molecule has 0 aliphatic carbocycles. The first kappa shape index (κ1) is 11.4. The van der Waals surface area contributed by atoms with Crippen LogP contribution in [0, 0.1) is 0 Å². The van der Waals surface area contributed by atoms with E-state index in [9.17, 15) is 4.79 Å². The molecular formula is C13H11ClN2O2. The Bertz CT molecular complexity index is 611. The molecule has 2 heterocycles. The molecule has 4 nitrogen and oxygen atoms in total. The smallest absolute Gasteiger partial charge is 0.253 e. The van der Waals surface area contributed by atoms with Crippen molar-refractivity contribution < 1.29 is 9.53 Å². The number of amides is 1. The van der Waals surface area contributed by atoms with E-state index in [0.717, 1.165) is 10.8 Å². The lowest BCUT2D eigenvalue weighted by Gasteiger charge is -2.26. The molecular weight excluding hydrogens is 252 g/mol. The third-order valence-electron chi connectivity index (χ3n) is 2.96. The summed E-state index contributed by atoms with van der Waals surface area (Å²) < 4.78 is 5.03. The normalized spacial score (nSPS) is 15.4. The van der Waals surface area contributed by atoms with Crippen LogP contribution in [0.15, 0.2) is 30.5 Å². The summed E-state index contributed by atoms with van der Waals surface area (Å²) in [5, 5.41) is 4.91. The van der Waals surface area contributed by atoms with Crippen LogP contribution >= 0.6 is 11.6 Å². The maximum absolute atomic E-state index is 12.1. The van der Waals surface area contributed by atoms with Gasteiger partial charge >= 0.3 is 0 Å². The van der Waals surface area contributed by atoms with Crippen LogP contribution < -0.4 is 5.32 Å². The van der Waals surface area contributed by atoms with Crippen LogP contribution in [0.25, 0.3) is 10.8 Å². The molecule has 2 aromatic rings. The van der Waals surface area contributed by atoms with E-state index in [-0.39, 0.29) is 11.9 Å². The maximum Gasteiger partial charge on any atom is 0.253 e. The molecule has 5 heteroatoms. The predicted molar refractivity (Wildman–Crippen MR) is 68.8 cm³/mol. The van der Waals surface area contributed by atoms with Gasteiger partial charge in [-0.25, -0.2) is 4.98 Å². The average molecular weight is 263 g/mol. The van der Waals surface area contributed by atoms with Gasteiger partial charge in [0.1, 0.15) is 5.15 Å². The molecule has 0 radical (unpaired) electrons. The summed E-state index contributed by atoms with van der Waals surface area (Å²) in [4.78, 5) is 16.2. The van der Waals surface area contributed by atoms with Crippen molar-refractivity contribution in [3.8, 4) is 0 Å². The highest BCUT2D eigenvalue weighted by Crippen LogP contribution is 2.24. The van der Waals surface area contributed by atoms with Gasteiger partial charge in [-0.15, -0.1) is 0 Å². The van der Waals surface area contributed by atoms with Gasteiger partial charge in [-0.1, -0.05) is 35.9 Å². The van der Waals surface area contributed by atoms with Gasteiger partial charge in [0.25, 0.3) is 5.91 Å². The lowest BCUT2D eigenvalue weighted by Crippen LogP contribution is -2.48. The van der Waals surface area contributed by atoms with E-state index in [2.05, 4.69) is 10.3 Å². The lowest BCUT2D eigenvalue weighted by molar-refractivity contribution is -0.00343. The third kappa shape index (κ3) is 1.94. The van der Waals surface area contributed by atoms with Crippen molar-refractivity contribution in [2.45, 2.75) is 6.04 Å². The molecule has 0 bridgehead atoms. The minimum absolute atomic E-state index is 0.104. The Morgan fingerprint density at radius 1 is 1.33 bits per heavy atom. The number of pyridine rings is 1. The fourth-order valence-electron chi connectivity index (χ4n) is 1.92. The van der Waals surface area contributed by atoms with Crippen molar-refractivity contribution in [2.75, 3.05) is 13.2 Å². The summed E-state index contributed by atoms with van der Waals surface area (Å²) in [6.45, 7) is 1.15. The van der Waals surface area contributed by atoms with E-state index in [0.29, 0.717) is 23.9 Å². The Labute approximate surface area is 109 Å². The summed E-state index contributed by atoms with van der Waals surface area (Å²) in [6, 6.07) is 7.58. The fourth-order valence-corrected chi connectivity index (χ4v) is 2.13. The molecule has 1 fully saturated rings. The van der Waals surface area contributed by atoms with Crippen molar-refractivity contribution in [1.29, 1.82) is 0 Å². The number of nitrogens with one attached hydrogen (secondary N) is 1. The first-order valence-electron chi connectivity index (χ1n) is 5.67. The van der Waals surface area contributed by atoms with Crippen LogP contribution in [0.3, 0.4) is 0 Å². The molecule has 0 atom stereocenters. The van der Waals surface area contributed by atoms with Crippen molar-refractivity contribution in [1.82, 2.24) is 10.3 Å². The molecule has 1 N–H and O–H groups in total. The topological polar surface area (TPSA) is 51.2 Å². The summed E-state index contributed by atoms with van der Waals surface area (Å²) in [6.07, 6.45) is 1.51. The molecule has 3 rings (SSSR count). The molecule has 1 aliphatic rings. The minimum Gasteiger partial charge on any atom is -0.377 e. The summed E-state index contributed by atoms with van der Waals surface area (Å²) >= 11 is 6.02. The van der Waals surface area contributed by atoms with E-state index < -0.39 is 0 Å². The van der Waals surface area contributed by atoms with Crippen LogP contribution in [0.4, 0.5) is 0 Å². The van der Waals surface area contributed by atoms with Gasteiger partial charge in [0.05, 0.1) is 24.8 Å². The van der Waals surface area contributed by atoms with Gasteiger partial charge < -0.3 is 10.1 Å². The zero-order valence-corrected chi connectivity index (χ0v) is 10.3. The van der Waals surface area contributed by atoms with Gasteiger partial charge in [-0.3, -0.25) is 4.79 Å². The van der Waals surface area contributed by atoms with Crippen molar-refractivity contribution in [3.63, 3.8) is 0 Å². The van der Waals surface area contributed by atoms with Crippen LogP contribution in [0.2, 0.25) is 5.15 Å². The molecule has 0 saturated carbocycles. The number of halogens is 1. The number of carbonyl (C=O) groups excluding carboxylic acids is 1. The lowest BCUT2D eigenvalue weighted by atomic mass is 10.1. The zero-order valence-electron chi connectivity index (χ0n) is 9.52. The second-order valence-corrected chi connectivity index (χ2v) is 4.57. The molecule has 0 spiro atoms. The number of hydrogen-bond acceptors (Lipinski definition) is 3. The Hall–Kier alpha value is -1.65. The van der Waals surface area contributed by atoms with Crippen molar-refractivity contribution in [3.05, 3.63) is 41.2 Å². The van der Waals surface area contributed by atoms with Crippen molar-refractivity contribution >= 4 is 28.3 Å². The number of nitrogens with zero attached hydrogens (tertiary/aromatic N) is 1. The number of carbonyl (C=O) groups is 1. The molecule has 92 valence electrons. The van der Waals surface area contributed by atoms with Crippen LogP contribution in [-0.4, -0.2) is 30.1 Å². The zero-order chi connectivity index (χ0) is 12.5. The Balaban J connectivity index is 2.00. The van der Waals surface area contributed by atoms with E-state index in [1.807, 2.05) is 24.3 Å². The number of ether oxygens (including phenoxy) is 1. The highest BCUT2D eigenvalue weighted by molar-refractivity contribution is 6.34. The Morgan fingerprint density at radius 3 is 2.72 bits per heavy atom. The van der Waals surface area contributed by atoms with E-state index in [1.165, 1.54) is 6.20 Å². The molecule has 1 saturated heterocycles. The molecule has 1 amide bonds. The van der Waals surface area contributed by atoms with Gasteiger partial charge in [0, 0.05) is 11.6 Å². The quantitative estimate of drug-likeness (QED) is 0.843. The number of aromatic nitrogens is 1. The summed E-state index contributed by atoms with van der Waals surface area (Å²) in [5.74, 6) is -0.135. The first-order chi connectivity index (χ1) is 8.75. The first-order valence-corrected chi connectivity index (χ1v) is 6.05. The monoisotopic (exact) mass is 262 g/mol. The van der Waals surface area contributed by atoms with Crippen LogP contribution in [0.5, 0.6) is 0 Å². The number of rotatable bonds is 2. The van der Waals surface area contributed by atoms with Crippen molar-refractivity contribution in [2.24, 2.45) is 0 Å². The SMILES string of the molecule is O=C(NC1COC1)c1cnc(Cl)c2ccccc12. The van der Waals surface area contributed by atoms with E-state index in [1.54, 1.807) is 0 Å². The highest BCUT2D eigenvalue weighted by atomic mass is 35.5. The van der Waals surface area contributed by atoms with E-state index in [4.69, 9.17) is 16.3 Å². The highest BCUT2D eigenvalue weighted by Gasteiger charge is 2.22. The van der Waals surface area contributed by atoms with Crippen LogP contribution in [0.1, 0.15) is 10.4 Å². The molecule has 0 unspecified atom stereocenters. The van der Waals surface area contributed by atoms with Gasteiger partial charge in [-0.2, -0.15) is 0 Å². The average Bonchev–Trinajstić information content (AvgIpc) is 2.34. The van der Waals surface area contributed by atoms with Gasteiger partial charge in [0.2, 0.25) is 0 Å². The largest absolute Gasteiger partial charge is 0.377 e. The summed E-state index contributed by atoms with van der Waals surface area (Å²) in [5.41, 5.74) is 0.543. The number of hydrogen-bond donors (Lipinski definition) is 1. The summed E-state index contributed by atoms with van der Waals surface area (Å²) in [7, 11) is 0. The number of benzene rings is 1.